The van der Waals surface area contributed by atoms with Crippen molar-refractivity contribution in [3.63, 3.8) is 0 Å². The minimum Gasteiger partial charge on any atom is -0.504 e. The van der Waals surface area contributed by atoms with Gasteiger partial charge in [0.15, 0.2) is 11.5 Å². The molecular weight excluding hydrogens is 194 g/mol. The molecule has 1 rings (SSSR count). The summed E-state index contributed by atoms with van der Waals surface area (Å²) in [6.45, 7) is 2.46. The molecule has 0 heterocycles. The second kappa shape index (κ2) is 4.68. The normalized spacial score (nSPS) is 9.80. The maximum atomic E-state index is 11.8. The van der Waals surface area contributed by atoms with E-state index in [0.29, 0.717) is 12.3 Å². The Labute approximate surface area is 89.1 Å². The van der Waals surface area contributed by atoms with E-state index in [9.17, 15) is 9.90 Å². The van der Waals surface area contributed by atoms with E-state index in [4.69, 9.17) is 4.74 Å². The summed E-state index contributed by atoms with van der Waals surface area (Å²) in [5.74, 6) is -0.00967. The lowest BCUT2D eigenvalue weighted by Crippen LogP contribution is -2.26. The third kappa shape index (κ3) is 2.21. The zero-order chi connectivity index (χ0) is 11.4. The fraction of sp³-hybridized carbons (Fsp3) is 0.364. The van der Waals surface area contributed by atoms with Gasteiger partial charge < -0.3 is 14.7 Å². The lowest BCUT2D eigenvalue weighted by molar-refractivity contribution is 0.0799. The number of aromatic hydroxyl groups is 1. The van der Waals surface area contributed by atoms with Gasteiger partial charge in [-0.3, -0.25) is 4.79 Å². The summed E-state index contributed by atoms with van der Waals surface area (Å²) in [4.78, 5) is 13.3. The second-order valence-corrected chi connectivity index (χ2v) is 3.18. The lowest BCUT2D eigenvalue weighted by Gasteiger charge is -2.16. The first-order chi connectivity index (χ1) is 7.11. The Morgan fingerprint density at radius 1 is 1.53 bits per heavy atom. The highest BCUT2D eigenvalue weighted by Crippen LogP contribution is 2.29. The number of ether oxygens (including phenoxy) is 1. The minimum absolute atomic E-state index is 0.106. The molecule has 0 spiro atoms. The Hall–Kier alpha value is -1.71. The molecule has 82 valence electrons. The van der Waals surface area contributed by atoms with E-state index in [1.165, 1.54) is 12.0 Å². The molecule has 0 saturated carbocycles. The van der Waals surface area contributed by atoms with Crippen LogP contribution in [0.5, 0.6) is 11.5 Å². The number of para-hydroxylation sites is 1. The van der Waals surface area contributed by atoms with Crippen molar-refractivity contribution in [3.05, 3.63) is 23.8 Å². The predicted molar refractivity (Wildman–Crippen MR) is 57.3 cm³/mol. The number of methoxy groups -OCH3 is 1. The molecule has 1 amide bonds. The molecule has 4 heteroatoms. The number of carbonyl (C=O) groups excluding carboxylic acids is 1. The monoisotopic (exact) mass is 209 g/mol. The van der Waals surface area contributed by atoms with Crippen molar-refractivity contribution in [1.82, 2.24) is 4.90 Å². The van der Waals surface area contributed by atoms with Crippen LogP contribution < -0.4 is 4.74 Å². The highest BCUT2D eigenvalue weighted by atomic mass is 16.5. The largest absolute Gasteiger partial charge is 0.504 e. The van der Waals surface area contributed by atoms with Crippen LogP contribution in [0.1, 0.15) is 17.3 Å². The van der Waals surface area contributed by atoms with E-state index in [-0.39, 0.29) is 17.2 Å². The van der Waals surface area contributed by atoms with Crippen LogP contribution in [0.2, 0.25) is 0 Å². The Bertz CT molecular complexity index is 363. The molecule has 15 heavy (non-hydrogen) atoms. The Morgan fingerprint density at radius 2 is 2.20 bits per heavy atom. The summed E-state index contributed by atoms with van der Waals surface area (Å²) in [6.07, 6.45) is 0. The third-order valence-electron chi connectivity index (χ3n) is 2.27. The van der Waals surface area contributed by atoms with Gasteiger partial charge in [0.2, 0.25) is 0 Å². The maximum Gasteiger partial charge on any atom is 0.257 e. The molecule has 0 aliphatic heterocycles. The molecule has 0 aliphatic rings. The van der Waals surface area contributed by atoms with E-state index < -0.39 is 0 Å². The molecule has 0 atom stereocenters. The predicted octanol–water partition coefficient (Wildman–Crippen LogP) is 1.49. The molecule has 0 saturated heterocycles. The zero-order valence-corrected chi connectivity index (χ0v) is 9.15. The lowest BCUT2D eigenvalue weighted by atomic mass is 10.1. The van der Waals surface area contributed by atoms with Gasteiger partial charge in [0.25, 0.3) is 5.91 Å². The number of amides is 1. The molecule has 1 aromatic carbocycles. The van der Waals surface area contributed by atoms with Crippen molar-refractivity contribution < 1.29 is 14.6 Å². The summed E-state index contributed by atoms with van der Waals surface area (Å²) < 4.78 is 4.93. The number of nitrogens with zero attached hydrogens (tertiary/aromatic N) is 1. The van der Waals surface area contributed by atoms with Crippen LogP contribution in [0, 0.1) is 0 Å². The SMILES string of the molecule is CCN(C)C(=O)c1cccc(OC)c1O. The van der Waals surface area contributed by atoms with Gasteiger partial charge >= 0.3 is 0 Å². The molecule has 0 fully saturated rings. The first kappa shape index (κ1) is 11.4. The summed E-state index contributed by atoms with van der Waals surface area (Å²) in [5.41, 5.74) is 0.263. The van der Waals surface area contributed by atoms with Gasteiger partial charge in [-0.2, -0.15) is 0 Å². The third-order valence-corrected chi connectivity index (χ3v) is 2.27. The first-order valence-corrected chi connectivity index (χ1v) is 4.73. The van der Waals surface area contributed by atoms with Crippen LogP contribution in [0.4, 0.5) is 0 Å². The van der Waals surface area contributed by atoms with Crippen molar-refractivity contribution in [2.45, 2.75) is 6.92 Å². The first-order valence-electron chi connectivity index (χ1n) is 4.73. The molecule has 0 aliphatic carbocycles. The van der Waals surface area contributed by atoms with Gasteiger partial charge in [-0.15, -0.1) is 0 Å². The van der Waals surface area contributed by atoms with Crippen molar-refractivity contribution in [2.24, 2.45) is 0 Å². The van der Waals surface area contributed by atoms with Crippen molar-refractivity contribution in [2.75, 3.05) is 20.7 Å². The standard InChI is InChI=1S/C11H15NO3/c1-4-12(2)11(14)8-6-5-7-9(15-3)10(8)13/h5-7,13H,4H2,1-3H3. The van der Waals surface area contributed by atoms with Crippen molar-refractivity contribution >= 4 is 5.91 Å². The van der Waals surface area contributed by atoms with Gasteiger partial charge in [-0.05, 0) is 19.1 Å². The molecular formula is C11H15NO3. The van der Waals surface area contributed by atoms with Crippen LogP contribution in [0.25, 0.3) is 0 Å². The van der Waals surface area contributed by atoms with Crippen LogP contribution >= 0.6 is 0 Å². The quantitative estimate of drug-likeness (QED) is 0.820. The van der Waals surface area contributed by atoms with Gasteiger partial charge in [-0.1, -0.05) is 6.07 Å². The average Bonchev–Trinajstić information content (AvgIpc) is 2.27. The van der Waals surface area contributed by atoms with Gasteiger partial charge in [0.1, 0.15) is 0 Å². The summed E-state index contributed by atoms with van der Waals surface area (Å²) in [5, 5.41) is 9.73. The van der Waals surface area contributed by atoms with Crippen molar-refractivity contribution in [1.29, 1.82) is 0 Å². The Morgan fingerprint density at radius 3 is 2.73 bits per heavy atom. The van der Waals surface area contributed by atoms with E-state index in [0.717, 1.165) is 0 Å². The number of rotatable bonds is 3. The highest BCUT2D eigenvalue weighted by molar-refractivity contribution is 5.97. The maximum absolute atomic E-state index is 11.8. The minimum atomic E-state index is -0.214. The van der Waals surface area contributed by atoms with Crippen LogP contribution in [-0.2, 0) is 0 Å². The number of phenols is 1. The number of benzene rings is 1. The average molecular weight is 209 g/mol. The summed E-state index contributed by atoms with van der Waals surface area (Å²) in [7, 11) is 3.13. The Kier molecular flexibility index (Phi) is 3.55. The number of hydrogen-bond acceptors (Lipinski definition) is 3. The van der Waals surface area contributed by atoms with Crippen molar-refractivity contribution in [3.8, 4) is 11.5 Å². The number of hydrogen-bond donors (Lipinski definition) is 1. The topological polar surface area (TPSA) is 49.8 Å². The van der Waals surface area contributed by atoms with E-state index in [2.05, 4.69) is 0 Å². The smallest absolute Gasteiger partial charge is 0.257 e. The summed E-state index contributed by atoms with van der Waals surface area (Å²) in [6, 6.07) is 4.86. The molecule has 4 nitrogen and oxygen atoms in total. The molecule has 1 N–H and O–H groups in total. The fourth-order valence-corrected chi connectivity index (χ4v) is 1.21. The Balaban J connectivity index is 3.09. The van der Waals surface area contributed by atoms with E-state index in [1.54, 1.807) is 25.2 Å². The molecule has 0 aromatic heterocycles. The second-order valence-electron chi connectivity index (χ2n) is 3.18. The van der Waals surface area contributed by atoms with Crippen LogP contribution in [-0.4, -0.2) is 36.6 Å². The van der Waals surface area contributed by atoms with E-state index >= 15 is 0 Å². The zero-order valence-electron chi connectivity index (χ0n) is 9.15. The van der Waals surface area contributed by atoms with E-state index in [1.807, 2.05) is 6.92 Å². The molecule has 0 radical (unpaired) electrons. The fourth-order valence-electron chi connectivity index (χ4n) is 1.21. The van der Waals surface area contributed by atoms with Gasteiger partial charge in [0.05, 0.1) is 12.7 Å². The highest BCUT2D eigenvalue weighted by Gasteiger charge is 2.16. The molecule has 0 unspecified atom stereocenters. The number of carbonyl (C=O) groups is 1. The van der Waals surface area contributed by atoms with Gasteiger partial charge in [0, 0.05) is 13.6 Å². The molecule has 1 aromatic rings. The van der Waals surface area contributed by atoms with Gasteiger partial charge in [-0.25, -0.2) is 0 Å². The number of phenolic OH excluding ortho intramolecular Hbond substituents is 1. The van der Waals surface area contributed by atoms with Crippen LogP contribution in [0.3, 0.4) is 0 Å². The summed E-state index contributed by atoms with van der Waals surface area (Å²) >= 11 is 0. The molecule has 0 bridgehead atoms. The van der Waals surface area contributed by atoms with Crippen LogP contribution in [0.15, 0.2) is 18.2 Å².